The van der Waals surface area contributed by atoms with Gasteiger partial charge in [0.05, 0.1) is 5.39 Å². The minimum atomic E-state index is -0.674. The van der Waals surface area contributed by atoms with E-state index in [4.69, 9.17) is 4.42 Å². The van der Waals surface area contributed by atoms with Crippen molar-refractivity contribution in [2.75, 3.05) is 5.32 Å². The van der Waals surface area contributed by atoms with Gasteiger partial charge < -0.3 is 9.73 Å². The lowest BCUT2D eigenvalue weighted by atomic mass is 10.1. The molecule has 3 aromatic rings. The number of halogens is 1. The molecule has 0 spiro atoms. The predicted molar refractivity (Wildman–Crippen MR) is 81.6 cm³/mol. The van der Waals surface area contributed by atoms with E-state index in [-0.39, 0.29) is 11.1 Å². The number of para-hydroxylation sites is 1. The maximum Gasteiger partial charge on any atom is 0.344 e. The van der Waals surface area contributed by atoms with Crippen molar-refractivity contribution in [2.24, 2.45) is 0 Å². The molecule has 2 aromatic carbocycles. The summed E-state index contributed by atoms with van der Waals surface area (Å²) in [5.74, 6) is -1.20. The summed E-state index contributed by atoms with van der Waals surface area (Å²) in [6.45, 7) is 1.85. The molecule has 0 aliphatic rings. The first-order valence-electron chi connectivity index (χ1n) is 6.65. The summed E-state index contributed by atoms with van der Waals surface area (Å²) in [5, 5.41) is 3.22. The molecule has 3 rings (SSSR count). The molecule has 5 heteroatoms. The van der Waals surface area contributed by atoms with E-state index >= 15 is 0 Å². The second-order valence-electron chi connectivity index (χ2n) is 4.90. The fourth-order valence-electron chi connectivity index (χ4n) is 2.17. The smallest absolute Gasteiger partial charge is 0.344 e. The molecular weight excluding hydrogens is 285 g/mol. The molecule has 0 saturated carbocycles. The number of anilines is 1. The van der Waals surface area contributed by atoms with Gasteiger partial charge in [-0.05, 0) is 48.2 Å². The van der Waals surface area contributed by atoms with Crippen molar-refractivity contribution in [3.8, 4) is 0 Å². The van der Waals surface area contributed by atoms with E-state index in [0.29, 0.717) is 11.1 Å². The number of hydrogen-bond acceptors (Lipinski definition) is 3. The summed E-state index contributed by atoms with van der Waals surface area (Å²) in [6.07, 6.45) is 0. The number of aryl methyl sites for hydroxylation is 1. The minimum absolute atomic E-state index is 0.161. The zero-order chi connectivity index (χ0) is 15.7. The van der Waals surface area contributed by atoms with Crippen molar-refractivity contribution in [1.29, 1.82) is 0 Å². The summed E-state index contributed by atoms with van der Waals surface area (Å²) >= 11 is 0. The van der Waals surface area contributed by atoms with Crippen LogP contribution in [-0.2, 0) is 0 Å². The molecule has 0 saturated heterocycles. The molecule has 0 bridgehead atoms. The third-order valence-corrected chi connectivity index (χ3v) is 3.34. The summed E-state index contributed by atoms with van der Waals surface area (Å²) in [7, 11) is 0. The molecular formula is C17H12FNO3. The zero-order valence-corrected chi connectivity index (χ0v) is 11.7. The first-order chi connectivity index (χ1) is 10.5. The molecule has 0 unspecified atom stereocenters. The molecule has 110 valence electrons. The zero-order valence-electron chi connectivity index (χ0n) is 11.7. The molecule has 0 atom stereocenters. The average Bonchev–Trinajstić information content (AvgIpc) is 2.49. The van der Waals surface area contributed by atoms with Crippen molar-refractivity contribution < 1.29 is 13.6 Å². The van der Waals surface area contributed by atoms with Crippen LogP contribution in [0.3, 0.4) is 0 Å². The van der Waals surface area contributed by atoms with Crippen LogP contribution in [-0.4, -0.2) is 5.91 Å². The van der Waals surface area contributed by atoms with Crippen LogP contribution >= 0.6 is 0 Å². The number of fused-ring (bicyclic) bond motifs is 1. The summed E-state index contributed by atoms with van der Waals surface area (Å²) < 4.78 is 18.3. The fraction of sp³-hybridized carbons (Fsp3) is 0.0588. The first-order valence-corrected chi connectivity index (χ1v) is 6.65. The van der Waals surface area contributed by atoms with E-state index in [1.165, 1.54) is 24.3 Å². The normalized spacial score (nSPS) is 10.6. The summed E-state index contributed by atoms with van der Waals surface area (Å²) in [4.78, 5) is 24.1. The molecule has 1 N–H and O–H groups in total. The molecule has 22 heavy (non-hydrogen) atoms. The second kappa shape index (κ2) is 5.44. The van der Waals surface area contributed by atoms with E-state index in [2.05, 4.69) is 5.32 Å². The van der Waals surface area contributed by atoms with Gasteiger partial charge in [-0.2, -0.15) is 0 Å². The molecule has 0 aliphatic heterocycles. The van der Waals surface area contributed by atoms with Gasteiger partial charge in [-0.1, -0.05) is 18.2 Å². The lowest BCUT2D eigenvalue weighted by molar-refractivity contribution is 0.0993. The first kappa shape index (κ1) is 14.0. The SMILES string of the molecule is Cc1ccccc1NC(=O)c1cc2cc(F)ccc2c(=O)o1. The van der Waals surface area contributed by atoms with E-state index in [1.54, 1.807) is 12.1 Å². The molecule has 1 amide bonds. The number of nitrogens with one attached hydrogen (secondary N) is 1. The predicted octanol–water partition coefficient (Wildman–Crippen LogP) is 3.49. The minimum Gasteiger partial charge on any atom is -0.417 e. The Morgan fingerprint density at radius 2 is 1.91 bits per heavy atom. The van der Waals surface area contributed by atoms with E-state index < -0.39 is 17.3 Å². The van der Waals surface area contributed by atoms with E-state index in [0.717, 1.165) is 5.56 Å². The van der Waals surface area contributed by atoms with Crippen LogP contribution in [0.15, 0.2) is 57.7 Å². The van der Waals surface area contributed by atoms with Crippen molar-refractivity contribution in [1.82, 2.24) is 0 Å². The van der Waals surface area contributed by atoms with Gasteiger partial charge in [0.25, 0.3) is 5.91 Å². The van der Waals surface area contributed by atoms with E-state index in [1.807, 2.05) is 19.1 Å². The van der Waals surface area contributed by atoms with Crippen LogP contribution in [0.1, 0.15) is 16.1 Å². The largest absolute Gasteiger partial charge is 0.417 e. The number of rotatable bonds is 2. The Hall–Kier alpha value is -2.95. The van der Waals surface area contributed by atoms with Gasteiger partial charge in [-0.15, -0.1) is 0 Å². The lowest BCUT2D eigenvalue weighted by Crippen LogP contribution is -2.15. The number of benzene rings is 2. The Morgan fingerprint density at radius 1 is 1.14 bits per heavy atom. The van der Waals surface area contributed by atoms with Crippen molar-refractivity contribution in [3.63, 3.8) is 0 Å². The number of hydrogen-bond donors (Lipinski definition) is 1. The standard InChI is InChI=1S/C17H12FNO3/c1-10-4-2-3-5-14(10)19-16(20)15-9-11-8-12(18)6-7-13(11)17(21)22-15/h2-9H,1H3,(H,19,20). The van der Waals surface area contributed by atoms with E-state index in [9.17, 15) is 14.0 Å². The van der Waals surface area contributed by atoms with Gasteiger partial charge >= 0.3 is 5.63 Å². The van der Waals surface area contributed by atoms with Crippen molar-refractivity contribution >= 4 is 22.4 Å². The van der Waals surface area contributed by atoms with Crippen LogP contribution in [0.2, 0.25) is 0 Å². The highest BCUT2D eigenvalue weighted by molar-refractivity contribution is 6.04. The molecule has 0 aliphatic carbocycles. The Labute approximate surface area is 125 Å². The topological polar surface area (TPSA) is 59.3 Å². The van der Waals surface area contributed by atoms with Crippen LogP contribution in [0.25, 0.3) is 10.8 Å². The molecule has 1 heterocycles. The van der Waals surface area contributed by atoms with Gasteiger partial charge in [0.15, 0.2) is 5.76 Å². The molecule has 0 radical (unpaired) electrons. The molecule has 1 aromatic heterocycles. The highest BCUT2D eigenvalue weighted by atomic mass is 19.1. The second-order valence-corrected chi connectivity index (χ2v) is 4.90. The highest BCUT2D eigenvalue weighted by Crippen LogP contribution is 2.17. The monoisotopic (exact) mass is 297 g/mol. The van der Waals surface area contributed by atoms with Crippen LogP contribution in [0.4, 0.5) is 10.1 Å². The van der Waals surface area contributed by atoms with Crippen molar-refractivity contribution in [2.45, 2.75) is 6.92 Å². The molecule has 4 nitrogen and oxygen atoms in total. The maximum absolute atomic E-state index is 13.3. The third kappa shape index (κ3) is 2.61. The van der Waals surface area contributed by atoms with Crippen LogP contribution in [0, 0.1) is 12.7 Å². The lowest BCUT2D eigenvalue weighted by Gasteiger charge is -2.07. The Kier molecular flexibility index (Phi) is 3.47. The Bertz CT molecular complexity index is 931. The fourth-order valence-corrected chi connectivity index (χ4v) is 2.17. The third-order valence-electron chi connectivity index (χ3n) is 3.34. The number of carbonyl (C=O) groups is 1. The van der Waals surface area contributed by atoms with Gasteiger partial charge in [0, 0.05) is 5.69 Å². The Morgan fingerprint density at radius 3 is 2.68 bits per heavy atom. The number of carbonyl (C=O) groups excluding carboxylic acids is 1. The summed E-state index contributed by atoms with van der Waals surface area (Å²) in [6, 6.07) is 12.3. The summed E-state index contributed by atoms with van der Waals surface area (Å²) in [5.41, 5.74) is 0.826. The van der Waals surface area contributed by atoms with Gasteiger partial charge in [0.1, 0.15) is 5.82 Å². The Balaban J connectivity index is 2.01. The maximum atomic E-state index is 13.3. The number of amides is 1. The average molecular weight is 297 g/mol. The van der Waals surface area contributed by atoms with Crippen LogP contribution in [0.5, 0.6) is 0 Å². The van der Waals surface area contributed by atoms with Crippen molar-refractivity contribution in [3.05, 3.63) is 76.1 Å². The van der Waals surface area contributed by atoms with Gasteiger partial charge in [-0.3, -0.25) is 4.79 Å². The molecule has 0 fully saturated rings. The quantitative estimate of drug-likeness (QED) is 0.787. The van der Waals surface area contributed by atoms with Crippen LogP contribution < -0.4 is 10.9 Å². The highest BCUT2D eigenvalue weighted by Gasteiger charge is 2.13. The van der Waals surface area contributed by atoms with Gasteiger partial charge in [0.2, 0.25) is 0 Å². The van der Waals surface area contributed by atoms with Gasteiger partial charge in [-0.25, -0.2) is 9.18 Å².